The molecule has 0 fully saturated rings. The Morgan fingerprint density at radius 1 is 1.31 bits per heavy atom. The van der Waals surface area contributed by atoms with Crippen molar-refractivity contribution in [1.29, 1.82) is 0 Å². The fourth-order valence-corrected chi connectivity index (χ4v) is 1.05. The molecule has 0 spiro atoms. The lowest BCUT2D eigenvalue weighted by Crippen LogP contribution is -2.22. The number of ether oxygens (including phenoxy) is 1. The van der Waals surface area contributed by atoms with Crippen molar-refractivity contribution in [1.82, 2.24) is 0 Å². The average molecular weight is 232 g/mol. The van der Waals surface area contributed by atoms with E-state index in [4.69, 9.17) is 14.8 Å². The van der Waals surface area contributed by atoms with Crippen molar-refractivity contribution >= 4 is 7.32 Å². The van der Waals surface area contributed by atoms with Gasteiger partial charge in [-0.05, 0) is 18.6 Å². The Balaban J connectivity index is 2.96. The standard InChI is InChI=1S/C9H11BF2O4/c1-2-5-15-7-4-3-6(11)9(8(7)12)16-10(13)14/h3-4,13-14H,2,5H2,1H3. The van der Waals surface area contributed by atoms with Crippen molar-refractivity contribution in [2.24, 2.45) is 0 Å². The Bertz CT molecular complexity index is 360. The molecule has 7 heteroatoms. The first kappa shape index (κ1) is 12.7. The van der Waals surface area contributed by atoms with Gasteiger partial charge in [0.25, 0.3) is 0 Å². The van der Waals surface area contributed by atoms with Crippen molar-refractivity contribution in [2.75, 3.05) is 6.61 Å². The average Bonchev–Trinajstić information content (AvgIpc) is 2.23. The highest BCUT2D eigenvalue weighted by Gasteiger charge is 2.21. The quantitative estimate of drug-likeness (QED) is 0.746. The molecule has 0 radical (unpaired) electrons. The Kier molecular flexibility index (Phi) is 4.51. The molecule has 0 unspecified atom stereocenters. The predicted octanol–water partition coefficient (Wildman–Crippen LogP) is 1.10. The first-order valence-electron chi connectivity index (χ1n) is 4.69. The van der Waals surface area contributed by atoms with Crippen LogP contribution in [0.1, 0.15) is 13.3 Å². The van der Waals surface area contributed by atoms with Gasteiger partial charge in [-0.3, -0.25) is 0 Å². The predicted molar refractivity (Wildman–Crippen MR) is 53.0 cm³/mol. The zero-order chi connectivity index (χ0) is 12.1. The van der Waals surface area contributed by atoms with Crippen LogP contribution in [0.4, 0.5) is 8.78 Å². The van der Waals surface area contributed by atoms with Crippen LogP contribution in [-0.4, -0.2) is 24.0 Å². The zero-order valence-electron chi connectivity index (χ0n) is 8.61. The Morgan fingerprint density at radius 3 is 2.56 bits per heavy atom. The summed E-state index contributed by atoms with van der Waals surface area (Å²) in [6.07, 6.45) is 0.662. The SMILES string of the molecule is CCCOc1ccc(F)c(OB(O)O)c1F. The van der Waals surface area contributed by atoms with Crippen LogP contribution in [0.25, 0.3) is 0 Å². The van der Waals surface area contributed by atoms with E-state index >= 15 is 0 Å². The molecule has 88 valence electrons. The second-order valence-electron chi connectivity index (χ2n) is 2.98. The fraction of sp³-hybridized carbons (Fsp3) is 0.333. The van der Waals surface area contributed by atoms with E-state index in [1.165, 1.54) is 0 Å². The fourth-order valence-electron chi connectivity index (χ4n) is 1.05. The van der Waals surface area contributed by atoms with Crippen LogP contribution in [0.3, 0.4) is 0 Å². The molecule has 2 N–H and O–H groups in total. The molecular formula is C9H11BF2O4. The third-order valence-electron chi connectivity index (χ3n) is 1.70. The minimum atomic E-state index is -2.29. The summed E-state index contributed by atoms with van der Waals surface area (Å²) < 4.78 is 35.7. The van der Waals surface area contributed by atoms with E-state index in [-0.39, 0.29) is 12.4 Å². The number of rotatable bonds is 5. The zero-order valence-corrected chi connectivity index (χ0v) is 8.61. The van der Waals surface area contributed by atoms with Crippen molar-refractivity contribution < 1.29 is 28.2 Å². The molecule has 1 aromatic rings. The Labute approximate surface area is 91.6 Å². The van der Waals surface area contributed by atoms with Crippen LogP contribution in [0.5, 0.6) is 11.5 Å². The third kappa shape index (κ3) is 3.08. The first-order chi connectivity index (χ1) is 7.56. The van der Waals surface area contributed by atoms with E-state index in [0.717, 1.165) is 12.1 Å². The van der Waals surface area contributed by atoms with Gasteiger partial charge >= 0.3 is 7.32 Å². The Morgan fingerprint density at radius 2 is 2.00 bits per heavy atom. The molecular weight excluding hydrogens is 221 g/mol. The molecule has 0 atom stereocenters. The van der Waals surface area contributed by atoms with Gasteiger partial charge in [0.05, 0.1) is 6.61 Å². The minimum Gasteiger partial charge on any atom is -0.507 e. The molecule has 0 saturated carbocycles. The lowest BCUT2D eigenvalue weighted by molar-refractivity contribution is 0.263. The van der Waals surface area contributed by atoms with Crippen molar-refractivity contribution in [2.45, 2.75) is 13.3 Å². The lowest BCUT2D eigenvalue weighted by atomic mass is 10.2. The maximum absolute atomic E-state index is 13.5. The van der Waals surface area contributed by atoms with Crippen LogP contribution >= 0.6 is 0 Å². The molecule has 4 nitrogen and oxygen atoms in total. The first-order valence-corrected chi connectivity index (χ1v) is 4.69. The van der Waals surface area contributed by atoms with Gasteiger partial charge in [-0.1, -0.05) is 6.92 Å². The number of hydrogen-bond acceptors (Lipinski definition) is 4. The molecule has 0 heterocycles. The number of benzene rings is 1. The van der Waals surface area contributed by atoms with Gasteiger partial charge in [-0.2, -0.15) is 4.39 Å². The monoisotopic (exact) mass is 232 g/mol. The van der Waals surface area contributed by atoms with Gasteiger partial charge in [0.15, 0.2) is 17.3 Å². The maximum Gasteiger partial charge on any atom is 0.707 e. The van der Waals surface area contributed by atoms with Crippen molar-refractivity contribution in [3.8, 4) is 11.5 Å². The van der Waals surface area contributed by atoms with Gasteiger partial charge in [0.2, 0.25) is 5.82 Å². The lowest BCUT2D eigenvalue weighted by Gasteiger charge is -2.11. The molecule has 0 amide bonds. The summed E-state index contributed by atoms with van der Waals surface area (Å²) in [5.74, 6) is -3.20. The molecule has 0 aliphatic carbocycles. The summed E-state index contributed by atoms with van der Waals surface area (Å²) in [4.78, 5) is 0. The van der Waals surface area contributed by atoms with Crippen LogP contribution in [0, 0.1) is 11.6 Å². The third-order valence-corrected chi connectivity index (χ3v) is 1.70. The van der Waals surface area contributed by atoms with Crippen LogP contribution in [0.15, 0.2) is 12.1 Å². The van der Waals surface area contributed by atoms with E-state index in [1.807, 2.05) is 6.92 Å². The molecule has 0 aromatic heterocycles. The van der Waals surface area contributed by atoms with Gasteiger partial charge in [0.1, 0.15) is 0 Å². The van der Waals surface area contributed by atoms with E-state index in [1.54, 1.807) is 0 Å². The molecule has 16 heavy (non-hydrogen) atoms. The normalized spacial score (nSPS) is 10.1. The summed E-state index contributed by atoms with van der Waals surface area (Å²) in [5, 5.41) is 17.0. The van der Waals surface area contributed by atoms with Crippen molar-refractivity contribution in [3.05, 3.63) is 23.8 Å². The molecule has 0 aliphatic heterocycles. The summed E-state index contributed by atoms with van der Waals surface area (Å²) in [6, 6.07) is 2.03. The van der Waals surface area contributed by atoms with Gasteiger partial charge in [0, 0.05) is 0 Å². The topological polar surface area (TPSA) is 58.9 Å². The van der Waals surface area contributed by atoms with E-state index in [2.05, 4.69) is 4.65 Å². The van der Waals surface area contributed by atoms with Crippen LogP contribution in [-0.2, 0) is 0 Å². The second kappa shape index (κ2) is 5.67. The van der Waals surface area contributed by atoms with E-state index in [0.29, 0.717) is 6.42 Å². The summed E-state index contributed by atoms with van der Waals surface area (Å²) in [5.41, 5.74) is 0. The van der Waals surface area contributed by atoms with E-state index in [9.17, 15) is 8.78 Å². The second-order valence-corrected chi connectivity index (χ2v) is 2.98. The number of hydrogen-bond donors (Lipinski definition) is 2. The van der Waals surface area contributed by atoms with Gasteiger partial charge < -0.3 is 19.4 Å². The van der Waals surface area contributed by atoms with Gasteiger partial charge in [-0.15, -0.1) is 0 Å². The summed E-state index contributed by atoms with van der Waals surface area (Å²) in [6.45, 7) is 2.10. The Hall–Kier alpha value is -1.34. The highest BCUT2D eigenvalue weighted by Crippen LogP contribution is 2.29. The van der Waals surface area contributed by atoms with E-state index < -0.39 is 24.7 Å². The maximum atomic E-state index is 13.5. The highest BCUT2D eigenvalue weighted by atomic mass is 19.1. The molecule has 1 aromatic carbocycles. The van der Waals surface area contributed by atoms with Crippen LogP contribution < -0.4 is 9.39 Å². The molecule has 1 rings (SSSR count). The van der Waals surface area contributed by atoms with Crippen LogP contribution in [0.2, 0.25) is 0 Å². The van der Waals surface area contributed by atoms with Crippen molar-refractivity contribution in [3.63, 3.8) is 0 Å². The van der Waals surface area contributed by atoms with Gasteiger partial charge in [-0.25, -0.2) is 4.39 Å². The summed E-state index contributed by atoms with van der Waals surface area (Å²) >= 11 is 0. The summed E-state index contributed by atoms with van der Waals surface area (Å²) in [7, 11) is -2.29. The molecule has 0 saturated heterocycles. The molecule has 0 bridgehead atoms. The molecule has 0 aliphatic rings. The minimum absolute atomic E-state index is 0.195. The highest BCUT2D eigenvalue weighted by molar-refractivity contribution is 6.33. The largest absolute Gasteiger partial charge is 0.707 e. The number of halogens is 2. The smallest absolute Gasteiger partial charge is 0.507 e.